The summed E-state index contributed by atoms with van der Waals surface area (Å²) >= 11 is 12.4. The summed E-state index contributed by atoms with van der Waals surface area (Å²) in [6.07, 6.45) is 8.54. The molecule has 1 aromatic carbocycles. The van der Waals surface area contributed by atoms with Crippen molar-refractivity contribution < 1.29 is 4.79 Å². The fourth-order valence-electron chi connectivity index (χ4n) is 2.86. The van der Waals surface area contributed by atoms with Crippen LogP contribution < -0.4 is 0 Å². The minimum atomic E-state index is 0.00257. The number of aromatic nitrogens is 1. The second-order valence-electron chi connectivity index (χ2n) is 5.82. The molecule has 3 nitrogen and oxygen atoms in total. The Hall–Kier alpha value is -1.84. The van der Waals surface area contributed by atoms with Gasteiger partial charge in [-0.25, -0.2) is 0 Å². The highest BCUT2D eigenvalue weighted by atomic mass is 35.5. The van der Waals surface area contributed by atoms with Gasteiger partial charge in [0.15, 0.2) is 0 Å². The quantitative estimate of drug-likeness (QED) is 0.726. The molecule has 1 aliphatic rings. The molecule has 2 aromatic rings. The molecule has 0 radical (unpaired) electrons. The van der Waals surface area contributed by atoms with Gasteiger partial charge in [0.2, 0.25) is 0 Å². The largest absolute Gasteiger partial charge is 0.339 e. The minimum absolute atomic E-state index is 0.00257. The van der Waals surface area contributed by atoms with Crippen LogP contribution in [0.15, 0.2) is 42.7 Å². The van der Waals surface area contributed by atoms with E-state index in [1.807, 2.05) is 23.1 Å². The maximum absolute atomic E-state index is 13.1. The average molecular weight is 361 g/mol. The summed E-state index contributed by atoms with van der Waals surface area (Å²) in [4.78, 5) is 19.1. The summed E-state index contributed by atoms with van der Waals surface area (Å²) in [7, 11) is 0. The van der Waals surface area contributed by atoms with Crippen molar-refractivity contribution in [3.63, 3.8) is 0 Å². The molecule has 1 amide bonds. The molecule has 1 aliphatic heterocycles. The molecule has 1 aromatic heterocycles. The lowest BCUT2D eigenvalue weighted by Crippen LogP contribution is -2.36. The number of carbonyl (C=O) groups excluding carboxylic acids is 1. The topological polar surface area (TPSA) is 33.2 Å². The molecule has 0 aliphatic carbocycles. The number of piperidine rings is 1. The van der Waals surface area contributed by atoms with E-state index in [2.05, 4.69) is 4.98 Å². The molecule has 5 heteroatoms. The molecule has 0 saturated carbocycles. The maximum atomic E-state index is 13.1. The molecular formula is C19H18Cl2N2O. The molecule has 124 valence electrons. The van der Waals surface area contributed by atoms with Crippen LogP contribution in [0.1, 0.15) is 30.4 Å². The number of pyridine rings is 1. The first-order valence-electron chi connectivity index (χ1n) is 8.01. The average Bonchev–Trinajstić information content (AvgIpc) is 2.61. The third kappa shape index (κ3) is 3.97. The van der Waals surface area contributed by atoms with E-state index >= 15 is 0 Å². The Morgan fingerprint density at radius 3 is 2.58 bits per heavy atom. The van der Waals surface area contributed by atoms with Crippen LogP contribution in [-0.4, -0.2) is 28.9 Å². The fraction of sp³-hybridized carbons (Fsp3) is 0.263. The lowest BCUT2D eigenvalue weighted by atomic mass is 10.0. The van der Waals surface area contributed by atoms with Crippen molar-refractivity contribution in [2.75, 3.05) is 13.1 Å². The Morgan fingerprint density at radius 1 is 1.12 bits per heavy atom. The van der Waals surface area contributed by atoms with Gasteiger partial charge in [-0.15, -0.1) is 0 Å². The summed E-state index contributed by atoms with van der Waals surface area (Å²) in [6.45, 7) is 1.57. The van der Waals surface area contributed by atoms with Crippen LogP contribution >= 0.6 is 23.2 Å². The molecule has 1 saturated heterocycles. The first-order valence-corrected chi connectivity index (χ1v) is 8.77. The first-order chi connectivity index (χ1) is 11.6. The second-order valence-corrected chi connectivity index (χ2v) is 6.67. The number of carbonyl (C=O) groups is 1. The zero-order chi connectivity index (χ0) is 16.9. The molecule has 0 N–H and O–H groups in total. The summed E-state index contributed by atoms with van der Waals surface area (Å²) in [5, 5.41) is 1.03. The summed E-state index contributed by atoms with van der Waals surface area (Å²) in [5.41, 5.74) is 2.14. The number of amides is 1. The maximum Gasteiger partial charge on any atom is 0.254 e. The summed E-state index contributed by atoms with van der Waals surface area (Å²) in [5.74, 6) is 0.00257. The van der Waals surface area contributed by atoms with Crippen molar-refractivity contribution >= 4 is 40.8 Å². The Labute approximate surface area is 151 Å². The lowest BCUT2D eigenvalue weighted by Gasteiger charge is -2.28. The summed E-state index contributed by atoms with van der Waals surface area (Å²) < 4.78 is 0. The van der Waals surface area contributed by atoms with Crippen molar-refractivity contribution in [1.29, 1.82) is 0 Å². The number of hydrogen-bond donors (Lipinski definition) is 0. The van der Waals surface area contributed by atoms with Gasteiger partial charge in [-0.05, 0) is 49.1 Å². The molecule has 24 heavy (non-hydrogen) atoms. The van der Waals surface area contributed by atoms with Gasteiger partial charge in [-0.2, -0.15) is 0 Å². The predicted molar refractivity (Wildman–Crippen MR) is 99.0 cm³/mol. The molecule has 3 rings (SSSR count). The number of hydrogen-bond acceptors (Lipinski definition) is 2. The van der Waals surface area contributed by atoms with E-state index in [0.29, 0.717) is 21.2 Å². The number of benzene rings is 1. The van der Waals surface area contributed by atoms with Gasteiger partial charge < -0.3 is 4.90 Å². The Balaban J connectivity index is 2.03. The van der Waals surface area contributed by atoms with Crippen LogP contribution in [0.4, 0.5) is 0 Å². The van der Waals surface area contributed by atoms with E-state index < -0.39 is 0 Å². The van der Waals surface area contributed by atoms with E-state index in [4.69, 9.17) is 23.2 Å². The van der Waals surface area contributed by atoms with Gasteiger partial charge >= 0.3 is 0 Å². The van der Waals surface area contributed by atoms with Crippen LogP contribution in [0.25, 0.3) is 11.6 Å². The summed E-state index contributed by atoms with van der Waals surface area (Å²) in [6, 6.07) is 8.98. The van der Waals surface area contributed by atoms with Crippen molar-refractivity contribution in [2.24, 2.45) is 0 Å². The fourth-order valence-corrected chi connectivity index (χ4v) is 3.37. The van der Waals surface area contributed by atoms with Gasteiger partial charge in [0, 0.05) is 41.6 Å². The molecule has 1 fully saturated rings. The van der Waals surface area contributed by atoms with Crippen molar-refractivity contribution in [1.82, 2.24) is 9.88 Å². The van der Waals surface area contributed by atoms with Crippen LogP contribution in [0.5, 0.6) is 0 Å². The van der Waals surface area contributed by atoms with Crippen molar-refractivity contribution in [2.45, 2.75) is 19.3 Å². The van der Waals surface area contributed by atoms with E-state index in [0.717, 1.165) is 31.5 Å². The zero-order valence-electron chi connectivity index (χ0n) is 13.2. The van der Waals surface area contributed by atoms with Crippen LogP contribution in [0, 0.1) is 0 Å². The van der Waals surface area contributed by atoms with Gasteiger partial charge in [0.1, 0.15) is 0 Å². The van der Waals surface area contributed by atoms with Crippen LogP contribution in [-0.2, 0) is 4.79 Å². The Kier molecular flexibility index (Phi) is 5.54. The highest BCUT2D eigenvalue weighted by Crippen LogP contribution is 2.30. The number of nitrogens with zero attached hydrogens (tertiary/aromatic N) is 2. The molecule has 0 unspecified atom stereocenters. The first kappa shape index (κ1) is 17.0. The van der Waals surface area contributed by atoms with E-state index in [-0.39, 0.29) is 5.91 Å². The molecule has 0 atom stereocenters. The van der Waals surface area contributed by atoms with Gasteiger partial charge in [-0.3, -0.25) is 9.78 Å². The molecule has 0 bridgehead atoms. The zero-order valence-corrected chi connectivity index (χ0v) is 14.7. The normalized spacial score (nSPS) is 15.4. The van der Waals surface area contributed by atoms with Crippen LogP contribution in [0.2, 0.25) is 10.0 Å². The third-order valence-corrected chi connectivity index (χ3v) is 4.64. The van der Waals surface area contributed by atoms with E-state index in [1.54, 1.807) is 30.6 Å². The molecular weight excluding hydrogens is 343 g/mol. The number of likely N-dealkylation sites (tertiary alicyclic amines) is 1. The third-order valence-electron chi connectivity index (χ3n) is 4.09. The van der Waals surface area contributed by atoms with Gasteiger partial charge in [0.05, 0.1) is 5.02 Å². The highest BCUT2D eigenvalue weighted by Gasteiger charge is 2.23. The molecule has 0 spiro atoms. The minimum Gasteiger partial charge on any atom is -0.339 e. The number of halogens is 2. The van der Waals surface area contributed by atoms with E-state index in [9.17, 15) is 4.79 Å². The van der Waals surface area contributed by atoms with Crippen LogP contribution in [0.3, 0.4) is 0 Å². The van der Waals surface area contributed by atoms with Gasteiger partial charge in [-0.1, -0.05) is 35.3 Å². The Morgan fingerprint density at radius 2 is 1.92 bits per heavy atom. The lowest BCUT2D eigenvalue weighted by molar-refractivity contribution is -0.125. The smallest absolute Gasteiger partial charge is 0.254 e. The van der Waals surface area contributed by atoms with E-state index in [1.165, 1.54) is 6.42 Å². The Bertz CT molecular complexity index is 753. The predicted octanol–water partition coefficient (Wildman–Crippen LogP) is 4.94. The molecule has 2 heterocycles. The SMILES string of the molecule is O=C(/C(=C\c1cccnc1)c1ccc(Cl)cc1Cl)N1CCCCC1. The monoisotopic (exact) mass is 360 g/mol. The van der Waals surface area contributed by atoms with Crippen molar-refractivity contribution in [3.8, 4) is 0 Å². The highest BCUT2D eigenvalue weighted by molar-refractivity contribution is 6.38. The standard InChI is InChI=1S/C19H18Cl2N2O/c20-15-6-7-16(18(21)12-15)17(11-14-5-4-8-22-13-14)19(24)23-9-2-1-3-10-23/h4-8,11-13H,1-3,9-10H2/b17-11-. The second kappa shape index (κ2) is 7.82. The number of rotatable bonds is 3. The van der Waals surface area contributed by atoms with Crippen molar-refractivity contribution in [3.05, 3.63) is 63.9 Å². The van der Waals surface area contributed by atoms with Gasteiger partial charge in [0.25, 0.3) is 5.91 Å².